The Labute approximate surface area is 323 Å². The summed E-state index contributed by atoms with van der Waals surface area (Å²) >= 11 is 14.5. The predicted octanol–water partition coefficient (Wildman–Crippen LogP) is 9.49. The minimum atomic E-state index is -4.50. The van der Waals surface area contributed by atoms with Crippen LogP contribution in [0.15, 0.2) is 86.4 Å². The van der Waals surface area contributed by atoms with Crippen molar-refractivity contribution in [1.82, 2.24) is 33.6 Å². The summed E-state index contributed by atoms with van der Waals surface area (Å²) in [4.78, 5) is 42.5. The van der Waals surface area contributed by atoms with Gasteiger partial charge < -0.3 is 9.88 Å². The highest BCUT2D eigenvalue weighted by Crippen LogP contribution is 2.32. The third-order valence-electron chi connectivity index (χ3n) is 7.44. The van der Waals surface area contributed by atoms with Crippen LogP contribution in [-0.2, 0) is 19.3 Å². The van der Waals surface area contributed by atoms with Crippen molar-refractivity contribution in [2.24, 2.45) is 0 Å². The molecule has 0 atom stereocenters. The summed E-state index contributed by atoms with van der Waals surface area (Å²) in [5, 5.41) is 6.28. The summed E-state index contributed by atoms with van der Waals surface area (Å²) < 4.78 is 80.4. The van der Waals surface area contributed by atoms with Crippen molar-refractivity contribution in [3.05, 3.63) is 113 Å². The maximum absolute atomic E-state index is 13.1. The normalized spacial score (nSPS) is 11.9. The molecule has 0 saturated heterocycles. The van der Waals surface area contributed by atoms with Crippen molar-refractivity contribution in [2.75, 3.05) is 11.1 Å². The number of hydrogen-bond donors (Lipinski definition) is 1. The van der Waals surface area contributed by atoms with Crippen LogP contribution in [-0.4, -0.2) is 45.6 Å². The molecule has 282 valence electrons. The van der Waals surface area contributed by atoms with Crippen LogP contribution >= 0.6 is 57.6 Å². The number of aryl methyl sites for hydroxylation is 1. The second kappa shape index (κ2) is 16.1. The Morgan fingerprint density at radius 3 is 2.07 bits per heavy atom. The van der Waals surface area contributed by atoms with Gasteiger partial charge >= 0.3 is 12.4 Å². The molecule has 0 amide bonds. The number of benzene rings is 2. The van der Waals surface area contributed by atoms with E-state index in [-0.39, 0.29) is 40.2 Å². The van der Waals surface area contributed by atoms with Gasteiger partial charge in [0.25, 0.3) is 11.1 Å². The molecule has 21 heteroatoms. The van der Waals surface area contributed by atoms with Crippen molar-refractivity contribution in [2.45, 2.75) is 43.9 Å². The molecule has 2 aromatic carbocycles. The van der Waals surface area contributed by atoms with Crippen molar-refractivity contribution in [3.63, 3.8) is 0 Å². The van der Waals surface area contributed by atoms with Crippen molar-refractivity contribution in [1.29, 1.82) is 0 Å². The van der Waals surface area contributed by atoms with Gasteiger partial charge in [-0.2, -0.15) is 31.3 Å². The van der Waals surface area contributed by atoms with E-state index in [0.717, 1.165) is 11.8 Å². The van der Waals surface area contributed by atoms with Gasteiger partial charge in [-0.05, 0) is 66.9 Å². The molecule has 7 rings (SSSR count). The van der Waals surface area contributed by atoms with E-state index in [1.165, 1.54) is 32.2 Å². The lowest BCUT2D eigenvalue weighted by atomic mass is 10.3. The molecule has 0 unspecified atom stereocenters. The molecule has 10 nitrogen and oxygen atoms in total. The highest BCUT2D eigenvalue weighted by molar-refractivity contribution is 7.99. The second-order valence-electron chi connectivity index (χ2n) is 11.1. The fourth-order valence-electron chi connectivity index (χ4n) is 4.93. The first kappa shape index (κ1) is 39.3. The first-order valence-corrected chi connectivity index (χ1v) is 19.1. The number of thiophene rings is 1. The van der Waals surface area contributed by atoms with E-state index >= 15 is 0 Å². The first-order valence-electron chi connectivity index (χ1n) is 15.6. The second-order valence-corrected chi connectivity index (χ2v) is 14.8. The number of nitrogens with zero attached hydrogens (tertiary/aromatic N) is 7. The lowest BCUT2D eigenvalue weighted by molar-refractivity contribution is -0.137. The van der Waals surface area contributed by atoms with Crippen LogP contribution in [0.3, 0.4) is 0 Å². The first-order chi connectivity index (χ1) is 25.6. The Morgan fingerprint density at radius 1 is 0.833 bits per heavy atom. The monoisotopic (exact) mass is 844 g/mol. The number of halogens is 8. The zero-order valence-corrected chi connectivity index (χ0v) is 31.4. The summed E-state index contributed by atoms with van der Waals surface area (Å²) in [6, 6.07) is 14.7. The molecule has 0 bridgehead atoms. The van der Waals surface area contributed by atoms with Crippen LogP contribution in [0.5, 0.6) is 0 Å². The Morgan fingerprint density at radius 2 is 1.48 bits per heavy atom. The standard InChI is InChI=1S/C18H14ClF3N6OS.C15H10ClF3N2OS2/c1-2-27-9-24-13-14(27)26-17(23-7-11-8-30-16(25-11)18(20,21)22)28(15(13)29)12-5-3-10(19)4-6-12;16-9-1-3-10(4-2-9)21-13(22)12-11(5-7-23-12)20-14(21)24-8-6-15(17,18)19/h3-6,8-9H,2,7H2,1H3,(H,23,26);1-5,7H,6,8H2. The van der Waals surface area contributed by atoms with Crippen molar-refractivity contribution >= 4 is 85.0 Å². The van der Waals surface area contributed by atoms with Gasteiger partial charge in [0.05, 0.1) is 41.9 Å². The van der Waals surface area contributed by atoms with Gasteiger partial charge in [0.2, 0.25) is 5.95 Å². The third-order valence-corrected chi connectivity index (χ3v) is 10.7. The quantitative estimate of drug-likeness (QED) is 0.0870. The molecule has 5 aromatic heterocycles. The van der Waals surface area contributed by atoms with Crippen LogP contribution in [0.25, 0.3) is 32.8 Å². The number of rotatable bonds is 9. The van der Waals surface area contributed by atoms with E-state index < -0.39 is 29.3 Å². The smallest absolute Gasteiger partial charge is 0.350 e. The number of imidazole rings is 1. The summed E-state index contributed by atoms with van der Waals surface area (Å²) in [6.07, 6.45) is -8.18. The van der Waals surface area contributed by atoms with Crippen LogP contribution in [0.2, 0.25) is 10.0 Å². The molecule has 0 aliphatic carbocycles. The summed E-state index contributed by atoms with van der Waals surface area (Å²) in [5.74, 6) is -0.0503. The van der Waals surface area contributed by atoms with Crippen molar-refractivity contribution in [3.8, 4) is 11.4 Å². The van der Waals surface area contributed by atoms with Gasteiger partial charge in [-0.15, -0.1) is 22.7 Å². The van der Waals surface area contributed by atoms with Crippen LogP contribution in [0, 0.1) is 0 Å². The Hall–Kier alpha value is -4.43. The lowest BCUT2D eigenvalue weighted by Gasteiger charge is -2.14. The van der Waals surface area contributed by atoms with E-state index in [0.29, 0.717) is 55.2 Å². The van der Waals surface area contributed by atoms with Gasteiger partial charge in [0.15, 0.2) is 21.3 Å². The van der Waals surface area contributed by atoms with Gasteiger partial charge in [-0.1, -0.05) is 35.0 Å². The molecule has 1 N–H and O–H groups in total. The fraction of sp³-hybridized carbons (Fsp3) is 0.212. The summed E-state index contributed by atoms with van der Waals surface area (Å²) in [7, 11) is 0. The molecule has 0 spiro atoms. The van der Waals surface area contributed by atoms with Gasteiger partial charge in [0.1, 0.15) is 4.70 Å². The molecule has 5 heterocycles. The van der Waals surface area contributed by atoms with Crippen LogP contribution in [0.1, 0.15) is 24.0 Å². The average molecular weight is 846 g/mol. The number of thioether (sulfide) groups is 1. The van der Waals surface area contributed by atoms with E-state index in [2.05, 4.69) is 25.3 Å². The van der Waals surface area contributed by atoms with Crippen LogP contribution < -0.4 is 16.4 Å². The zero-order valence-electron chi connectivity index (χ0n) is 27.5. The molecule has 54 heavy (non-hydrogen) atoms. The molecular weight excluding hydrogens is 822 g/mol. The topological polar surface area (TPSA) is 113 Å². The summed E-state index contributed by atoms with van der Waals surface area (Å²) in [5.41, 5.74) is 1.54. The predicted molar refractivity (Wildman–Crippen MR) is 200 cm³/mol. The largest absolute Gasteiger partial charge is 0.443 e. The Balaban J connectivity index is 0.000000189. The molecule has 0 saturated carbocycles. The van der Waals surface area contributed by atoms with E-state index in [1.54, 1.807) is 64.5 Å². The molecule has 0 radical (unpaired) electrons. The van der Waals surface area contributed by atoms with Gasteiger partial charge in [0, 0.05) is 27.7 Å². The fourth-order valence-corrected chi connectivity index (χ4v) is 7.62. The number of anilines is 1. The van der Waals surface area contributed by atoms with Gasteiger partial charge in [-0.3, -0.25) is 14.2 Å². The minimum absolute atomic E-state index is 0.0433. The van der Waals surface area contributed by atoms with E-state index in [4.69, 9.17) is 23.2 Å². The molecular formula is C33H24Cl2F6N8O2S3. The highest BCUT2D eigenvalue weighted by atomic mass is 35.5. The zero-order chi connectivity index (χ0) is 38.8. The number of thiazole rings is 1. The molecule has 0 aliphatic heterocycles. The minimum Gasteiger partial charge on any atom is -0.350 e. The average Bonchev–Trinajstić information content (AvgIpc) is 3.89. The Bertz CT molecular complexity index is 2530. The lowest BCUT2D eigenvalue weighted by Crippen LogP contribution is -2.24. The molecule has 0 aliphatic rings. The van der Waals surface area contributed by atoms with Gasteiger partial charge in [-0.25, -0.2) is 19.5 Å². The number of fused-ring (bicyclic) bond motifs is 2. The van der Waals surface area contributed by atoms with Crippen molar-refractivity contribution < 1.29 is 26.3 Å². The van der Waals surface area contributed by atoms with E-state index in [1.807, 2.05) is 6.92 Å². The maximum atomic E-state index is 13.1. The summed E-state index contributed by atoms with van der Waals surface area (Å²) in [6.45, 7) is 2.39. The highest BCUT2D eigenvalue weighted by Gasteiger charge is 2.34. The number of hydrogen-bond acceptors (Lipinski definition) is 10. The molecule has 7 aromatic rings. The number of alkyl halides is 6. The third kappa shape index (κ3) is 8.92. The SMILES string of the molecule is CCn1cnc2c(=O)n(-c3ccc(Cl)cc3)c(NCc3csc(C(F)(F)F)n3)nc21.O=c1c2sccc2nc(SCCC(F)(F)F)n1-c1ccc(Cl)cc1. The number of nitrogens with one attached hydrogen (secondary N) is 1. The molecule has 0 fully saturated rings. The Kier molecular flexibility index (Phi) is 11.7. The number of aromatic nitrogens is 7. The maximum Gasteiger partial charge on any atom is 0.443 e. The van der Waals surface area contributed by atoms with E-state index in [9.17, 15) is 35.9 Å². The van der Waals surface area contributed by atoms with Crippen LogP contribution in [0.4, 0.5) is 32.3 Å².